The topological polar surface area (TPSA) is 6.48 Å². The van der Waals surface area contributed by atoms with E-state index in [-0.39, 0.29) is 5.41 Å². The van der Waals surface area contributed by atoms with Crippen molar-refractivity contribution in [2.75, 3.05) is 9.80 Å². The summed E-state index contributed by atoms with van der Waals surface area (Å²) in [6.45, 7) is 12.7. The van der Waals surface area contributed by atoms with Crippen LogP contribution in [0.3, 0.4) is 0 Å². The molecule has 0 aliphatic heterocycles. The van der Waals surface area contributed by atoms with Gasteiger partial charge in [-0.25, -0.2) is 0 Å². The third-order valence-corrected chi connectivity index (χ3v) is 9.45. The fourth-order valence-electron chi connectivity index (χ4n) is 7.05. The zero-order valence-corrected chi connectivity index (χ0v) is 26.0. The third-order valence-electron chi connectivity index (χ3n) is 9.45. The van der Waals surface area contributed by atoms with Crippen LogP contribution in [-0.2, 0) is 5.41 Å². The number of allylic oxidation sites excluding steroid dienone is 3. The zero-order chi connectivity index (χ0) is 31.0. The van der Waals surface area contributed by atoms with E-state index in [1.807, 2.05) is 12.2 Å². The molecule has 7 rings (SSSR count). The standard InChI is InChI=1S/C43H38N2/c1-5-31-17-21-35(22-18-31)44(33-13-9-7-10-14-33)37-25-27-39-40-28-26-38(30-42(40)43(3,4)41(39)29-37)45(34-15-11-8-12-16-34)36-23-19-32(6-2)20-24-36/h5-30,39,41H,1-2H2,3-4H3. The van der Waals surface area contributed by atoms with Crippen LogP contribution in [-0.4, -0.2) is 0 Å². The highest BCUT2D eigenvalue weighted by Gasteiger charge is 2.46. The first-order chi connectivity index (χ1) is 22.0. The Morgan fingerprint density at radius 3 is 1.62 bits per heavy atom. The van der Waals surface area contributed by atoms with Crippen LogP contribution < -0.4 is 9.80 Å². The molecule has 0 saturated carbocycles. The van der Waals surface area contributed by atoms with Crippen molar-refractivity contribution in [1.29, 1.82) is 0 Å². The van der Waals surface area contributed by atoms with E-state index in [4.69, 9.17) is 0 Å². The zero-order valence-electron chi connectivity index (χ0n) is 26.0. The maximum Gasteiger partial charge on any atom is 0.0464 e. The summed E-state index contributed by atoms with van der Waals surface area (Å²) < 4.78 is 0. The molecule has 0 spiro atoms. The van der Waals surface area contributed by atoms with E-state index in [1.54, 1.807) is 0 Å². The molecular formula is C43H38N2. The average Bonchev–Trinajstić information content (AvgIpc) is 3.32. The van der Waals surface area contributed by atoms with Crippen LogP contribution >= 0.6 is 0 Å². The highest BCUT2D eigenvalue weighted by atomic mass is 15.2. The molecule has 2 heteroatoms. The molecule has 2 aliphatic carbocycles. The Morgan fingerprint density at radius 2 is 1.07 bits per heavy atom. The molecule has 0 N–H and O–H groups in total. The van der Waals surface area contributed by atoms with Gasteiger partial charge in [-0.1, -0.05) is 118 Å². The minimum Gasteiger partial charge on any atom is -0.311 e. The van der Waals surface area contributed by atoms with Gasteiger partial charge in [-0.05, 0) is 100 Å². The van der Waals surface area contributed by atoms with E-state index in [0.29, 0.717) is 11.8 Å². The molecule has 0 aromatic heterocycles. The summed E-state index contributed by atoms with van der Waals surface area (Å²) in [7, 11) is 0. The van der Waals surface area contributed by atoms with E-state index in [2.05, 4.69) is 182 Å². The highest BCUT2D eigenvalue weighted by Crippen LogP contribution is 2.55. The molecule has 220 valence electrons. The maximum atomic E-state index is 3.94. The Kier molecular flexibility index (Phi) is 7.35. The number of hydrogen-bond donors (Lipinski definition) is 0. The predicted molar refractivity (Wildman–Crippen MR) is 193 cm³/mol. The summed E-state index contributed by atoms with van der Waals surface area (Å²) in [6.07, 6.45) is 11.0. The number of para-hydroxylation sites is 2. The number of fused-ring (bicyclic) bond motifs is 3. The molecule has 0 amide bonds. The summed E-state index contributed by atoms with van der Waals surface area (Å²) in [5, 5.41) is 0. The maximum absolute atomic E-state index is 3.94. The van der Waals surface area contributed by atoms with Gasteiger partial charge in [0.1, 0.15) is 0 Å². The Labute approximate surface area is 267 Å². The minimum absolute atomic E-state index is 0.0733. The first-order valence-corrected chi connectivity index (χ1v) is 15.7. The summed E-state index contributed by atoms with van der Waals surface area (Å²) in [4.78, 5) is 4.72. The number of rotatable bonds is 8. The number of anilines is 5. The van der Waals surface area contributed by atoms with E-state index < -0.39 is 0 Å². The molecule has 2 nitrogen and oxygen atoms in total. The first-order valence-electron chi connectivity index (χ1n) is 15.7. The molecule has 5 aromatic rings. The second-order valence-corrected chi connectivity index (χ2v) is 12.4. The molecule has 2 atom stereocenters. The number of nitrogens with zero attached hydrogens (tertiary/aromatic N) is 2. The highest BCUT2D eigenvalue weighted by molar-refractivity contribution is 5.79. The van der Waals surface area contributed by atoms with E-state index >= 15 is 0 Å². The predicted octanol–water partition coefficient (Wildman–Crippen LogP) is 11.7. The second-order valence-electron chi connectivity index (χ2n) is 12.4. The van der Waals surface area contributed by atoms with E-state index in [1.165, 1.54) is 22.5 Å². The smallest absolute Gasteiger partial charge is 0.0464 e. The van der Waals surface area contributed by atoms with Gasteiger partial charge in [-0.15, -0.1) is 0 Å². The normalized spacial score (nSPS) is 17.5. The van der Waals surface area contributed by atoms with Crippen molar-refractivity contribution in [2.45, 2.75) is 25.2 Å². The van der Waals surface area contributed by atoms with Gasteiger partial charge in [-0.2, -0.15) is 0 Å². The lowest BCUT2D eigenvalue weighted by atomic mass is 9.74. The molecule has 0 radical (unpaired) electrons. The van der Waals surface area contributed by atoms with Crippen LogP contribution in [0.4, 0.5) is 28.4 Å². The second kappa shape index (κ2) is 11.6. The van der Waals surface area contributed by atoms with Gasteiger partial charge < -0.3 is 9.80 Å². The van der Waals surface area contributed by atoms with Crippen molar-refractivity contribution < 1.29 is 0 Å². The quantitative estimate of drug-likeness (QED) is 0.180. The van der Waals surface area contributed by atoms with Crippen LogP contribution in [0.25, 0.3) is 12.2 Å². The Hall–Kier alpha value is -5.34. The first kappa shape index (κ1) is 28.4. The lowest BCUT2D eigenvalue weighted by Gasteiger charge is -2.35. The molecule has 0 bridgehead atoms. The molecule has 5 aromatic carbocycles. The average molecular weight is 583 g/mol. The monoisotopic (exact) mass is 582 g/mol. The Balaban J connectivity index is 1.29. The van der Waals surface area contributed by atoms with E-state index in [0.717, 1.165) is 33.9 Å². The summed E-state index contributed by atoms with van der Waals surface area (Å²) in [6, 6.07) is 45.6. The Morgan fingerprint density at radius 1 is 0.578 bits per heavy atom. The number of hydrogen-bond acceptors (Lipinski definition) is 2. The lowest BCUT2D eigenvalue weighted by molar-refractivity contribution is 0.392. The van der Waals surface area contributed by atoms with Gasteiger partial charge in [0, 0.05) is 40.1 Å². The Bertz CT molecular complexity index is 1900. The van der Waals surface area contributed by atoms with Crippen LogP contribution in [0.5, 0.6) is 0 Å². The van der Waals surface area contributed by atoms with Crippen molar-refractivity contribution in [3.05, 3.63) is 187 Å². The van der Waals surface area contributed by atoms with Gasteiger partial charge in [0.2, 0.25) is 0 Å². The SMILES string of the molecule is C=Cc1ccc(N(C2=CC3C(C=C2)c2ccc(N(c4ccccc4)c4ccc(C=C)cc4)cc2C3(C)C)c2ccccc2)cc1. The molecule has 0 saturated heterocycles. The van der Waals surface area contributed by atoms with Crippen molar-refractivity contribution >= 4 is 40.6 Å². The fraction of sp³-hybridized carbons (Fsp3) is 0.116. The summed E-state index contributed by atoms with van der Waals surface area (Å²) in [5.41, 5.74) is 11.9. The van der Waals surface area contributed by atoms with Crippen LogP contribution in [0.2, 0.25) is 0 Å². The molecular weight excluding hydrogens is 544 g/mol. The molecule has 0 fully saturated rings. The van der Waals surface area contributed by atoms with Crippen molar-refractivity contribution in [3.63, 3.8) is 0 Å². The van der Waals surface area contributed by atoms with Gasteiger partial charge in [0.05, 0.1) is 0 Å². The molecule has 2 unspecified atom stereocenters. The van der Waals surface area contributed by atoms with Crippen LogP contribution in [0, 0.1) is 5.92 Å². The third kappa shape index (κ3) is 5.13. The number of benzene rings is 5. The van der Waals surface area contributed by atoms with Gasteiger partial charge in [-0.3, -0.25) is 0 Å². The lowest BCUT2D eigenvalue weighted by Crippen LogP contribution is -2.28. The van der Waals surface area contributed by atoms with Crippen LogP contribution in [0.15, 0.2) is 164 Å². The largest absolute Gasteiger partial charge is 0.311 e. The minimum atomic E-state index is -0.0733. The molecule has 0 heterocycles. The van der Waals surface area contributed by atoms with Gasteiger partial charge in [0.15, 0.2) is 0 Å². The van der Waals surface area contributed by atoms with Crippen molar-refractivity contribution in [2.24, 2.45) is 5.92 Å². The van der Waals surface area contributed by atoms with E-state index in [9.17, 15) is 0 Å². The van der Waals surface area contributed by atoms with Crippen LogP contribution in [0.1, 0.15) is 42.0 Å². The van der Waals surface area contributed by atoms with Gasteiger partial charge >= 0.3 is 0 Å². The van der Waals surface area contributed by atoms with Gasteiger partial charge in [0.25, 0.3) is 0 Å². The molecule has 45 heavy (non-hydrogen) atoms. The van der Waals surface area contributed by atoms with Crippen molar-refractivity contribution in [3.8, 4) is 0 Å². The fourth-order valence-corrected chi connectivity index (χ4v) is 7.05. The summed E-state index contributed by atoms with van der Waals surface area (Å²) >= 11 is 0. The summed E-state index contributed by atoms with van der Waals surface area (Å²) in [5.74, 6) is 0.643. The molecule has 2 aliphatic rings. The van der Waals surface area contributed by atoms with Crippen molar-refractivity contribution in [1.82, 2.24) is 0 Å².